The van der Waals surface area contributed by atoms with Crippen molar-refractivity contribution in [1.29, 1.82) is 0 Å². The number of benzene rings is 1. The monoisotopic (exact) mass is 340 g/mol. The Kier molecular flexibility index (Phi) is 3.31. The highest BCUT2D eigenvalue weighted by atomic mass is 32.1. The minimum atomic E-state index is -0.962. The number of thiophene rings is 1. The maximum absolute atomic E-state index is 12.9. The van der Waals surface area contributed by atoms with E-state index in [1.54, 1.807) is 42.5 Å². The summed E-state index contributed by atoms with van der Waals surface area (Å²) in [5.41, 5.74) is 0.0408. The van der Waals surface area contributed by atoms with E-state index in [0.717, 1.165) is 4.88 Å². The molecule has 3 atom stereocenters. The molecular weight excluding hydrogens is 324 g/mol. The Labute approximate surface area is 143 Å². The number of carbonyl (C=O) groups excluding carboxylic acids is 3. The van der Waals surface area contributed by atoms with Gasteiger partial charge in [-0.15, -0.1) is 11.3 Å². The van der Waals surface area contributed by atoms with E-state index in [1.807, 2.05) is 17.5 Å². The fraction of sp³-hybridized carbons (Fsp3) is 0.278. The summed E-state index contributed by atoms with van der Waals surface area (Å²) in [5.74, 6) is -1.86. The van der Waals surface area contributed by atoms with Gasteiger partial charge in [0.25, 0.3) is 0 Å². The molecule has 2 aliphatic rings. The summed E-state index contributed by atoms with van der Waals surface area (Å²) in [6, 6.07) is 10.8. The van der Waals surface area contributed by atoms with Gasteiger partial charge in [0.1, 0.15) is 0 Å². The molecule has 1 aliphatic carbocycles. The summed E-state index contributed by atoms with van der Waals surface area (Å²) in [6.45, 7) is 2.14. The number of rotatable bonds is 3. The van der Waals surface area contributed by atoms with Gasteiger partial charge in [-0.25, -0.2) is 0 Å². The van der Waals surface area contributed by atoms with Crippen molar-refractivity contribution in [2.24, 2.45) is 17.3 Å². The van der Waals surface area contributed by atoms with Crippen LogP contribution >= 0.6 is 11.3 Å². The quantitative estimate of drug-likeness (QED) is 0.901. The zero-order valence-electron chi connectivity index (χ0n) is 13.0. The van der Waals surface area contributed by atoms with Crippen LogP contribution in [-0.4, -0.2) is 17.6 Å². The lowest BCUT2D eigenvalue weighted by Gasteiger charge is -2.12. The fourth-order valence-electron chi connectivity index (χ4n) is 3.63. The number of para-hydroxylation sites is 1. The standard InChI is InChI=1S/C18H16N2O3S/c1-18-13(16(22)19-9-10-5-4-8-24-10)14(18)17(23)20-12-7-3-2-6-11(12)15(18)21/h2-8,13-14H,9H2,1H3,(H,19,22)(H,20,23)/t13-,14-,18+/m0/s1. The van der Waals surface area contributed by atoms with Gasteiger partial charge in [0, 0.05) is 10.4 Å². The van der Waals surface area contributed by atoms with E-state index in [-0.39, 0.29) is 17.6 Å². The van der Waals surface area contributed by atoms with Gasteiger partial charge < -0.3 is 10.6 Å². The first kappa shape index (κ1) is 15.1. The van der Waals surface area contributed by atoms with Gasteiger partial charge in [-0.3, -0.25) is 14.4 Å². The van der Waals surface area contributed by atoms with Crippen LogP contribution in [0, 0.1) is 17.3 Å². The molecule has 1 aliphatic heterocycles. The largest absolute Gasteiger partial charge is 0.351 e. The Balaban J connectivity index is 1.59. The first-order valence-electron chi connectivity index (χ1n) is 7.78. The molecule has 0 spiro atoms. The lowest BCUT2D eigenvalue weighted by Crippen LogP contribution is -2.29. The molecule has 2 heterocycles. The number of anilines is 1. The summed E-state index contributed by atoms with van der Waals surface area (Å²) in [4.78, 5) is 39.0. The van der Waals surface area contributed by atoms with Crippen LogP contribution in [0.3, 0.4) is 0 Å². The molecule has 0 saturated heterocycles. The van der Waals surface area contributed by atoms with Gasteiger partial charge in [0.15, 0.2) is 5.78 Å². The van der Waals surface area contributed by atoms with Crippen LogP contribution in [0.15, 0.2) is 41.8 Å². The third kappa shape index (κ3) is 2.10. The zero-order valence-corrected chi connectivity index (χ0v) is 13.9. The first-order chi connectivity index (χ1) is 11.5. The molecule has 5 nitrogen and oxygen atoms in total. The Morgan fingerprint density at radius 2 is 2.04 bits per heavy atom. The fourth-order valence-corrected chi connectivity index (χ4v) is 4.28. The average molecular weight is 340 g/mol. The number of Topliss-reactive ketones (excluding diaryl/α,β-unsaturated/α-hetero) is 1. The van der Waals surface area contributed by atoms with Gasteiger partial charge in [0.2, 0.25) is 11.8 Å². The molecular formula is C18H16N2O3S. The lowest BCUT2D eigenvalue weighted by atomic mass is 9.92. The molecule has 0 bridgehead atoms. The Morgan fingerprint density at radius 1 is 1.25 bits per heavy atom. The average Bonchev–Trinajstić information content (AvgIpc) is 2.95. The summed E-state index contributed by atoms with van der Waals surface area (Å²) in [5, 5.41) is 7.58. The normalized spacial score (nSPS) is 27.5. The molecule has 2 N–H and O–H groups in total. The highest BCUT2D eigenvalue weighted by molar-refractivity contribution is 7.09. The van der Waals surface area contributed by atoms with Crippen LogP contribution in [0.4, 0.5) is 5.69 Å². The van der Waals surface area contributed by atoms with Gasteiger partial charge in [-0.1, -0.05) is 25.1 Å². The number of nitrogens with one attached hydrogen (secondary N) is 2. The molecule has 6 heteroatoms. The van der Waals surface area contributed by atoms with Crippen molar-refractivity contribution >= 4 is 34.6 Å². The number of hydrogen-bond acceptors (Lipinski definition) is 4. The van der Waals surface area contributed by atoms with Crippen LogP contribution in [0.25, 0.3) is 0 Å². The highest BCUT2D eigenvalue weighted by Gasteiger charge is 2.73. The van der Waals surface area contributed by atoms with Crippen LogP contribution in [0.2, 0.25) is 0 Å². The summed E-state index contributed by atoms with van der Waals surface area (Å²) in [6.07, 6.45) is 0. The lowest BCUT2D eigenvalue weighted by molar-refractivity contribution is -0.125. The van der Waals surface area contributed by atoms with Crippen LogP contribution < -0.4 is 10.6 Å². The van der Waals surface area contributed by atoms with E-state index in [0.29, 0.717) is 17.8 Å². The van der Waals surface area contributed by atoms with Crippen molar-refractivity contribution in [2.45, 2.75) is 13.5 Å². The van der Waals surface area contributed by atoms with E-state index in [9.17, 15) is 14.4 Å². The van der Waals surface area contributed by atoms with Crippen molar-refractivity contribution in [3.63, 3.8) is 0 Å². The molecule has 4 rings (SSSR count). The molecule has 122 valence electrons. The summed E-state index contributed by atoms with van der Waals surface area (Å²) < 4.78 is 0. The Hall–Kier alpha value is -2.47. The van der Waals surface area contributed by atoms with Crippen molar-refractivity contribution in [1.82, 2.24) is 5.32 Å². The number of fused-ring (bicyclic) bond motifs is 2. The molecule has 2 amide bonds. The Bertz CT molecular complexity index is 846. The van der Waals surface area contributed by atoms with Crippen molar-refractivity contribution in [3.8, 4) is 0 Å². The second kappa shape index (κ2) is 5.27. The number of amides is 2. The van der Waals surface area contributed by atoms with Gasteiger partial charge in [0.05, 0.1) is 29.5 Å². The minimum absolute atomic E-state index is 0.141. The second-order valence-electron chi connectivity index (χ2n) is 6.40. The van der Waals surface area contributed by atoms with Crippen molar-refractivity contribution in [2.75, 3.05) is 5.32 Å². The molecule has 2 aromatic rings. The van der Waals surface area contributed by atoms with Gasteiger partial charge in [-0.2, -0.15) is 0 Å². The van der Waals surface area contributed by atoms with Crippen molar-refractivity contribution < 1.29 is 14.4 Å². The van der Waals surface area contributed by atoms with Crippen molar-refractivity contribution in [3.05, 3.63) is 52.2 Å². The number of ketones is 1. The Morgan fingerprint density at radius 3 is 2.79 bits per heavy atom. The van der Waals surface area contributed by atoms with Gasteiger partial charge >= 0.3 is 0 Å². The third-order valence-electron chi connectivity index (χ3n) is 5.02. The van der Waals surface area contributed by atoms with Gasteiger partial charge in [-0.05, 0) is 23.6 Å². The van der Waals surface area contributed by atoms with E-state index < -0.39 is 17.3 Å². The predicted molar refractivity (Wildman–Crippen MR) is 90.7 cm³/mol. The van der Waals surface area contributed by atoms with E-state index in [2.05, 4.69) is 10.6 Å². The van der Waals surface area contributed by atoms with Crippen LogP contribution in [0.5, 0.6) is 0 Å². The predicted octanol–water partition coefficient (Wildman–Crippen LogP) is 2.45. The zero-order chi connectivity index (χ0) is 16.9. The third-order valence-corrected chi connectivity index (χ3v) is 5.89. The number of carbonyl (C=O) groups is 3. The molecule has 1 aromatic carbocycles. The molecule has 24 heavy (non-hydrogen) atoms. The summed E-state index contributed by atoms with van der Waals surface area (Å²) >= 11 is 1.56. The molecule has 1 aromatic heterocycles. The van der Waals surface area contributed by atoms with Crippen LogP contribution in [0.1, 0.15) is 22.2 Å². The molecule has 0 radical (unpaired) electrons. The molecule has 1 fully saturated rings. The smallest absolute Gasteiger partial charge is 0.229 e. The first-order valence-corrected chi connectivity index (χ1v) is 8.66. The minimum Gasteiger partial charge on any atom is -0.351 e. The maximum Gasteiger partial charge on any atom is 0.229 e. The van der Waals surface area contributed by atoms with E-state index in [1.165, 1.54) is 0 Å². The van der Waals surface area contributed by atoms with Crippen LogP contribution in [-0.2, 0) is 16.1 Å². The topological polar surface area (TPSA) is 75.3 Å². The summed E-state index contributed by atoms with van der Waals surface area (Å²) in [7, 11) is 0. The second-order valence-corrected chi connectivity index (χ2v) is 7.43. The molecule has 1 saturated carbocycles. The van der Waals surface area contributed by atoms with E-state index >= 15 is 0 Å². The molecule has 0 unspecified atom stereocenters. The maximum atomic E-state index is 12.9. The number of hydrogen-bond donors (Lipinski definition) is 2. The highest BCUT2D eigenvalue weighted by Crippen LogP contribution is 2.62. The SMILES string of the molecule is C[C@]12C(=O)c3ccccc3NC(=O)[C@@H]1[C@H]2C(=O)NCc1cccs1. The van der Waals surface area contributed by atoms with E-state index in [4.69, 9.17) is 0 Å².